The highest BCUT2D eigenvalue weighted by Gasteiger charge is 2.07. The summed E-state index contributed by atoms with van der Waals surface area (Å²) >= 11 is 6.23. The highest BCUT2D eigenvalue weighted by Crippen LogP contribution is 2.11. The molecule has 1 unspecified atom stereocenters. The lowest BCUT2D eigenvalue weighted by atomic mass is 10.1. The first-order valence-corrected chi connectivity index (χ1v) is 7.09. The molecule has 1 rings (SSSR count). The zero-order valence-electron chi connectivity index (χ0n) is 9.65. The summed E-state index contributed by atoms with van der Waals surface area (Å²) in [6.45, 7) is 4.57. The molecule has 3 heteroatoms. The van der Waals surface area contributed by atoms with Crippen molar-refractivity contribution in [3.8, 4) is 0 Å². The van der Waals surface area contributed by atoms with E-state index in [1.807, 2.05) is 11.3 Å². The number of hydrogen-bond donors (Lipinski definition) is 1. The molecule has 0 saturated heterocycles. The third kappa shape index (κ3) is 5.05. The summed E-state index contributed by atoms with van der Waals surface area (Å²) in [5, 5.41) is 2.15. The van der Waals surface area contributed by atoms with E-state index in [1.54, 1.807) is 0 Å². The minimum atomic E-state index is 0.738. The molecule has 0 saturated carbocycles. The highest BCUT2D eigenvalue weighted by molar-refractivity contribution is 7.80. The monoisotopic (exact) mass is 243 g/mol. The van der Waals surface area contributed by atoms with E-state index in [9.17, 15) is 0 Å². The van der Waals surface area contributed by atoms with Crippen LogP contribution in [0.1, 0.15) is 18.2 Å². The van der Waals surface area contributed by atoms with Crippen LogP contribution in [0, 0.1) is 5.92 Å². The third-order valence-electron chi connectivity index (χ3n) is 2.73. The van der Waals surface area contributed by atoms with Crippen molar-refractivity contribution in [1.29, 1.82) is 0 Å². The Morgan fingerprint density at radius 3 is 2.87 bits per heavy atom. The maximum atomic E-state index is 4.37. The lowest BCUT2D eigenvalue weighted by Gasteiger charge is -2.21. The largest absolute Gasteiger partial charge is 0.306 e. The Morgan fingerprint density at radius 2 is 2.33 bits per heavy atom. The van der Waals surface area contributed by atoms with E-state index in [-0.39, 0.29) is 0 Å². The van der Waals surface area contributed by atoms with Gasteiger partial charge in [0.05, 0.1) is 0 Å². The van der Waals surface area contributed by atoms with Gasteiger partial charge in [-0.25, -0.2) is 0 Å². The van der Waals surface area contributed by atoms with Gasteiger partial charge in [-0.1, -0.05) is 19.4 Å². The fourth-order valence-electron chi connectivity index (χ4n) is 1.60. The highest BCUT2D eigenvalue weighted by atomic mass is 32.1. The number of thiophene rings is 1. The molecule has 1 aromatic rings. The third-order valence-corrected chi connectivity index (χ3v) is 4.18. The topological polar surface area (TPSA) is 3.24 Å². The van der Waals surface area contributed by atoms with Gasteiger partial charge in [0.15, 0.2) is 0 Å². The van der Waals surface area contributed by atoms with Gasteiger partial charge >= 0.3 is 0 Å². The summed E-state index contributed by atoms with van der Waals surface area (Å²) in [6, 6.07) is 4.34. The summed E-state index contributed by atoms with van der Waals surface area (Å²) < 4.78 is 0. The summed E-state index contributed by atoms with van der Waals surface area (Å²) in [5.74, 6) is 1.74. The van der Waals surface area contributed by atoms with E-state index in [2.05, 4.69) is 49.0 Å². The molecule has 0 aliphatic rings. The van der Waals surface area contributed by atoms with E-state index in [4.69, 9.17) is 0 Å². The molecule has 0 aliphatic heterocycles. The molecule has 0 N–H and O–H groups in total. The molecule has 0 spiro atoms. The summed E-state index contributed by atoms with van der Waals surface area (Å²) in [5.41, 5.74) is 0. The van der Waals surface area contributed by atoms with Crippen LogP contribution in [0.15, 0.2) is 17.5 Å². The lowest BCUT2D eigenvalue weighted by Crippen LogP contribution is -2.28. The molecule has 1 heterocycles. The van der Waals surface area contributed by atoms with Crippen LogP contribution in [0.25, 0.3) is 0 Å². The smallest absolute Gasteiger partial charge is 0.00579 e. The molecular weight excluding hydrogens is 222 g/mol. The Bertz CT molecular complexity index is 242. The second kappa shape index (κ2) is 7.31. The zero-order valence-corrected chi connectivity index (χ0v) is 11.4. The minimum absolute atomic E-state index is 0.738. The number of thiol groups is 1. The number of rotatable bonds is 7. The van der Waals surface area contributed by atoms with Crippen molar-refractivity contribution in [2.75, 3.05) is 25.9 Å². The van der Waals surface area contributed by atoms with Crippen LogP contribution in [0.4, 0.5) is 0 Å². The summed E-state index contributed by atoms with van der Waals surface area (Å²) in [6.07, 6.45) is 2.41. The van der Waals surface area contributed by atoms with Crippen LogP contribution in [0.3, 0.4) is 0 Å². The molecule has 1 atom stereocenters. The van der Waals surface area contributed by atoms with Crippen molar-refractivity contribution >= 4 is 24.0 Å². The Morgan fingerprint density at radius 1 is 1.53 bits per heavy atom. The number of likely N-dealkylation sites (N-methyl/N-ethyl adjacent to an activating group) is 1. The van der Waals surface area contributed by atoms with Gasteiger partial charge in [-0.15, -0.1) is 11.3 Å². The molecule has 0 aromatic carbocycles. The van der Waals surface area contributed by atoms with Crippen LogP contribution in [-0.4, -0.2) is 30.8 Å². The Kier molecular flexibility index (Phi) is 6.37. The lowest BCUT2D eigenvalue weighted by molar-refractivity contribution is 0.288. The fourth-order valence-corrected chi connectivity index (χ4v) is 2.68. The zero-order chi connectivity index (χ0) is 11.1. The predicted octanol–water partition coefficient (Wildman–Crippen LogP) is 3.18. The van der Waals surface area contributed by atoms with Crippen molar-refractivity contribution in [3.05, 3.63) is 22.4 Å². The van der Waals surface area contributed by atoms with E-state index in [0.29, 0.717) is 0 Å². The molecular formula is C12H21NS2. The molecule has 1 nitrogen and oxygen atoms in total. The van der Waals surface area contributed by atoms with Crippen LogP contribution < -0.4 is 0 Å². The van der Waals surface area contributed by atoms with Gasteiger partial charge in [0.2, 0.25) is 0 Å². The van der Waals surface area contributed by atoms with Crippen molar-refractivity contribution in [1.82, 2.24) is 4.90 Å². The Labute approximate surface area is 103 Å². The average molecular weight is 243 g/mol. The standard InChI is InChI=1S/C12H21NS2/c1-3-11(10-14)9-13(2)7-6-12-5-4-8-15-12/h4-5,8,11,14H,3,6-7,9-10H2,1-2H3. The first-order valence-electron chi connectivity index (χ1n) is 5.58. The van der Waals surface area contributed by atoms with Crippen molar-refractivity contribution < 1.29 is 0 Å². The molecule has 0 fully saturated rings. The summed E-state index contributed by atoms with van der Waals surface area (Å²) in [4.78, 5) is 3.91. The fraction of sp³-hybridized carbons (Fsp3) is 0.667. The van der Waals surface area contributed by atoms with Crippen LogP contribution in [0.5, 0.6) is 0 Å². The van der Waals surface area contributed by atoms with E-state index < -0.39 is 0 Å². The molecule has 0 amide bonds. The second-order valence-corrected chi connectivity index (χ2v) is 5.45. The molecule has 15 heavy (non-hydrogen) atoms. The minimum Gasteiger partial charge on any atom is -0.306 e. The molecule has 0 radical (unpaired) electrons. The SMILES string of the molecule is CCC(CS)CN(C)CCc1cccs1. The number of nitrogens with zero attached hydrogens (tertiary/aromatic N) is 1. The molecule has 86 valence electrons. The van der Waals surface area contributed by atoms with Crippen molar-refractivity contribution in [2.24, 2.45) is 5.92 Å². The van der Waals surface area contributed by atoms with Gasteiger partial charge in [-0.05, 0) is 36.6 Å². The molecule has 1 aromatic heterocycles. The van der Waals surface area contributed by atoms with E-state index in [1.165, 1.54) is 24.3 Å². The van der Waals surface area contributed by atoms with Crippen LogP contribution in [-0.2, 0) is 6.42 Å². The predicted molar refractivity (Wildman–Crippen MR) is 73.2 cm³/mol. The van der Waals surface area contributed by atoms with Gasteiger partial charge in [-0.2, -0.15) is 12.6 Å². The van der Waals surface area contributed by atoms with Crippen molar-refractivity contribution in [3.63, 3.8) is 0 Å². The van der Waals surface area contributed by atoms with E-state index in [0.717, 1.165) is 18.2 Å². The van der Waals surface area contributed by atoms with Gasteiger partial charge < -0.3 is 4.90 Å². The maximum absolute atomic E-state index is 4.37. The normalized spacial score (nSPS) is 13.3. The van der Waals surface area contributed by atoms with E-state index >= 15 is 0 Å². The first kappa shape index (κ1) is 13.1. The second-order valence-electron chi connectivity index (χ2n) is 4.05. The van der Waals surface area contributed by atoms with Crippen LogP contribution >= 0.6 is 24.0 Å². The maximum Gasteiger partial charge on any atom is 0.00579 e. The van der Waals surface area contributed by atoms with Gasteiger partial charge in [0, 0.05) is 18.0 Å². The number of hydrogen-bond acceptors (Lipinski definition) is 3. The quantitative estimate of drug-likeness (QED) is 0.720. The van der Waals surface area contributed by atoms with Crippen LogP contribution in [0.2, 0.25) is 0 Å². The molecule has 0 aliphatic carbocycles. The van der Waals surface area contributed by atoms with Gasteiger partial charge in [-0.3, -0.25) is 0 Å². The van der Waals surface area contributed by atoms with Crippen molar-refractivity contribution in [2.45, 2.75) is 19.8 Å². The first-order chi connectivity index (χ1) is 7.26. The Balaban J connectivity index is 2.21. The average Bonchev–Trinajstić information content (AvgIpc) is 2.75. The molecule has 0 bridgehead atoms. The van der Waals surface area contributed by atoms with Gasteiger partial charge in [0.25, 0.3) is 0 Å². The van der Waals surface area contributed by atoms with Gasteiger partial charge in [0.1, 0.15) is 0 Å². The summed E-state index contributed by atoms with van der Waals surface area (Å²) in [7, 11) is 2.21. The Hall–Kier alpha value is 0.01000.